The first-order valence-corrected chi connectivity index (χ1v) is 7.87. The summed E-state index contributed by atoms with van der Waals surface area (Å²) in [6, 6.07) is 16.6. The van der Waals surface area contributed by atoms with Crippen LogP contribution in [-0.4, -0.2) is 43.5 Å². The molecule has 0 saturated heterocycles. The van der Waals surface area contributed by atoms with E-state index in [9.17, 15) is 14.7 Å². The number of aliphatic hydroxyl groups is 1. The highest BCUT2D eigenvalue weighted by molar-refractivity contribution is 5.94. The zero-order chi connectivity index (χ0) is 17.4. The number of para-hydroxylation sites is 1. The van der Waals surface area contributed by atoms with E-state index in [1.54, 1.807) is 31.3 Å². The first kappa shape index (κ1) is 17.7. The van der Waals surface area contributed by atoms with Crippen LogP contribution in [0.2, 0.25) is 0 Å². The highest BCUT2D eigenvalue weighted by Gasteiger charge is 2.12. The molecule has 0 saturated carbocycles. The van der Waals surface area contributed by atoms with Crippen molar-refractivity contribution < 1.29 is 14.7 Å². The molecular weight excluding hydrogens is 304 g/mol. The Morgan fingerprint density at radius 2 is 1.71 bits per heavy atom. The molecule has 0 bridgehead atoms. The number of aliphatic hydroxyl groups excluding tert-OH is 1. The van der Waals surface area contributed by atoms with E-state index < -0.39 is 0 Å². The monoisotopic (exact) mass is 326 g/mol. The van der Waals surface area contributed by atoms with E-state index in [0.29, 0.717) is 18.5 Å². The number of hydrogen-bond acceptors (Lipinski definition) is 4. The first-order chi connectivity index (χ1) is 11.6. The largest absolute Gasteiger partial charge is 0.395 e. The number of benzene rings is 2. The van der Waals surface area contributed by atoms with Crippen molar-refractivity contribution in [1.82, 2.24) is 5.32 Å². The van der Waals surface area contributed by atoms with Gasteiger partial charge in [0.1, 0.15) is 0 Å². The average molecular weight is 326 g/mol. The lowest BCUT2D eigenvalue weighted by Crippen LogP contribution is -2.33. The Balaban J connectivity index is 1.99. The maximum Gasteiger partial charge on any atom is 0.251 e. The molecule has 0 spiro atoms. The number of amides is 1. The zero-order valence-corrected chi connectivity index (χ0v) is 13.7. The standard InChI is InChI=1S/C19H22N2O3/c1-20-19(24)16-9-7-15(8-10-16)13-18(23)14-21(11-12-22)17-5-3-2-4-6-17/h2-10,22H,11-14H2,1H3,(H,20,24). The van der Waals surface area contributed by atoms with Crippen molar-refractivity contribution in [2.45, 2.75) is 6.42 Å². The van der Waals surface area contributed by atoms with Crippen LogP contribution >= 0.6 is 0 Å². The molecule has 0 aliphatic rings. The van der Waals surface area contributed by atoms with Crippen LogP contribution in [0.4, 0.5) is 5.69 Å². The molecule has 0 aromatic heterocycles. The summed E-state index contributed by atoms with van der Waals surface area (Å²) in [5, 5.41) is 11.8. The minimum absolute atomic E-state index is 0.0109. The van der Waals surface area contributed by atoms with Gasteiger partial charge in [-0.15, -0.1) is 0 Å². The third-order valence-electron chi connectivity index (χ3n) is 3.70. The Morgan fingerprint density at radius 1 is 1.04 bits per heavy atom. The number of carbonyl (C=O) groups is 2. The SMILES string of the molecule is CNC(=O)c1ccc(CC(=O)CN(CCO)c2ccccc2)cc1. The quantitative estimate of drug-likeness (QED) is 0.774. The fraction of sp³-hybridized carbons (Fsp3) is 0.263. The Kier molecular flexibility index (Phi) is 6.51. The molecule has 0 unspecified atom stereocenters. The van der Waals surface area contributed by atoms with Crippen LogP contribution < -0.4 is 10.2 Å². The molecule has 1 amide bonds. The second-order valence-corrected chi connectivity index (χ2v) is 5.47. The van der Waals surface area contributed by atoms with E-state index in [1.807, 2.05) is 35.2 Å². The molecule has 0 heterocycles. The molecule has 2 aromatic rings. The van der Waals surface area contributed by atoms with Crippen LogP contribution in [0.5, 0.6) is 0 Å². The second-order valence-electron chi connectivity index (χ2n) is 5.47. The van der Waals surface area contributed by atoms with Crippen LogP contribution in [0.1, 0.15) is 15.9 Å². The van der Waals surface area contributed by atoms with Crippen LogP contribution in [0.25, 0.3) is 0 Å². The number of anilines is 1. The molecule has 0 fully saturated rings. The highest BCUT2D eigenvalue weighted by Crippen LogP contribution is 2.13. The van der Waals surface area contributed by atoms with E-state index in [-0.39, 0.29) is 24.8 Å². The smallest absolute Gasteiger partial charge is 0.251 e. The molecule has 0 radical (unpaired) electrons. The molecule has 2 rings (SSSR count). The summed E-state index contributed by atoms with van der Waals surface area (Å²) >= 11 is 0. The lowest BCUT2D eigenvalue weighted by Gasteiger charge is -2.23. The first-order valence-electron chi connectivity index (χ1n) is 7.87. The molecular formula is C19H22N2O3. The average Bonchev–Trinajstić information content (AvgIpc) is 2.62. The van der Waals surface area contributed by atoms with Crippen LogP contribution in [-0.2, 0) is 11.2 Å². The molecule has 24 heavy (non-hydrogen) atoms. The van der Waals surface area contributed by atoms with Crippen LogP contribution in [0.3, 0.4) is 0 Å². The van der Waals surface area contributed by atoms with Crippen molar-refractivity contribution in [2.75, 3.05) is 31.6 Å². The fourth-order valence-electron chi connectivity index (χ4n) is 2.47. The van der Waals surface area contributed by atoms with Crippen molar-refractivity contribution >= 4 is 17.4 Å². The second kappa shape index (κ2) is 8.84. The van der Waals surface area contributed by atoms with Gasteiger partial charge in [-0.1, -0.05) is 30.3 Å². The lowest BCUT2D eigenvalue weighted by atomic mass is 10.1. The van der Waals surface area contributed by atoms with E-state index in [1.165, 1.54) is 0 Å². The Morgan fingerprint density at radius 3 is 2.29 bits per heavy atom. The van der Waals surface area contributed by atoms with Crippen LogP contribution in [0, 0.1) is 0 Å². The summed E-state index contributed by atoms with van der Waals surface area (Å²) in [4.78, 5) is 25.7. The maximum atomic E-state index is 12.3. The van der Waals surface area contributed by atoms with Gasteiger partial charge in [0.25, 0.3) is 5.91 Å². The van der Waals surface area contributed by atoms with Gasteiger partial charge in [-0.05, 0) is 29.8 Å². The third-order valence-corrected chi connectivity index (χ3v) is 3.70. The molecule has 2 aromatic carbocycles. The predicted octanol–water partition coefficient (Wildman–Crippen LogP) is 1.66. The molecule has 0 atom stereocenters. The maximum absolute atomic E-state index is 12.3. The van der Waals surface area contributed by atoms with Gasteiger partial charge in [0.2, 0.25) is 0 Å². The summed E-state index contributed by atoms with van der Waals surface area (Å²) in [7, 11) is 1.58. The minimum atomic E-state index is -0.147. The van der Waals surface area contributed by atoms with E-state index in [4.69, 9.17) is 0 Å². The fourth-order valence-corrected chi connectivity index (χ4v) is 2.47. The Hall–Kier alpha value is -2.66. The molecule has 5 nitrogen and oxygen atoms in total. The Bertz CT molecular complexity index is 669. The third kappa shape index (κ3) is 4.93. The van der Waals surface area contributed by atoms with Gasteiger partial charge < -0.3 is 15.3 Å². The van der Waals surface area contributed by atoms with Crippen molar-refractivity contribution in [3.8, 4) is 0 Å². The van der Waals surface area contributed by atoms with Gasteiger partial charge in [-0.2, -0.15) is 0 Å². The van der Waals surface area contributed by atoms with Gasteiger partial charge >= 0.3 is 0 Å². The van der Waals surface area contributed by atoms with Gasteiger partial charge in [-0.25, -0.2) is 0 Å². The van der Waals surface area contributed by atoms with Gasteiger partial charge in [0.05, 0.1) is 13.2 Å². The number of ketones is 1. The zero-order valence-electron chi connectivity index (χ0n) is 13.7. The lowest BCUT2D eigenvalue weighted by molar-refractivity contribution is -0.117. The summed E-state index contributed by atoms with van der Waals surface area (Å²) in [5.74, 6) is -0.0916. The number of hydrogen-bond donors (Lipinski definition) is 2. The van der Waals surface area contributed by atoms with Crippen molar-refractivity contribution in [3.05, 3.63) is 65.7 Å². The van der Waals surface area contributed by atoms with Crippen molar-refractivity contribution in [2.24, 2.45) is 0 Å². The Labute approximate surface area is 141 Å². The van der Waals surface area contributed by atoms with Crippen molar-refractivity contribution in [3.63, 3.8) is 0 Å². The molecule has 0 aliphatic carbocycles. The highest BCUT2D eigenvalue weighted by atomic mass is 16.3. The summed E-state index contributed by atoms with van der Waals surface area (Å²) in [6.45, 7) is 0.635. The van der Waals surface area contributed by atoms with Gasteiger partial charge in [0, 0.05) is 31.3 Å². The summed E-state index contributed by atoms with van der Waals surface area (Å²) in [5.41, 5.74) is 2.35. The molecule has 5 heteroatoms. The van der Waals surface area contributed by atoms with Crippen LogP contribution in [0.15, 0.2) is 54.6 Å². The topological polar surface area (TPSA) is 69.6 Å². The number of carbonyl (C=O) groups excluding carboxylic acids is 2. The summed E-state index contributed by atoms with van der Waals surface area (Å²) in [6.07, 6.45) is 0.294. The van der Waals surface area contributed by atoms with E-state index in [0.717, 1.165) is 11.3 Å². The number of nitrogens with one attached hydrogen (secondary N) is 1. The summed E-state index contributed by atoms with van der Waals surface area (Å²) < 4.78 is 0. The number of rotatable bonds is 8. The van der Waals surface area contributed by atoms with E-state index in [2.05, 4.69) is 5.32 Å². The van der Waals surface area contributed by atoms with Gasteiger partial charge in [0.15, 0.2) is 5.78 Å². The minimum Gasteiger partial charge on any atom is -0.395 e. The molecule has 0 aliphatic heterocycles. The van der Waals surface area contributed by atoms with E-state index >= 15 is 0 Å². The number of nitrogens with zero attached hydrogens (tertiary/aromatic N) is 1. The molecule has 2 N–H and O–H groups in total. The number of Topliss-reactive ketones (excluding diaryl/α,β-unsaturated/α-hetero) is 1. The van der Waals surface area contributed by atoms with Gasteiger partial charge in [-0.3, -0.25) is 9.59 Å². The predicted molar refractivity (Wildman–Crippen MR) is 94.3 cm³/mol. The normalized spacial score (nSPS) is 10.2. The molecule has 126 valence electrons. The van der Waals surface area contributed by atoms with Crippen molar-refractivity contribution in [1.29, 1.82) is 0 Å².